The van der Waals surface area contributed by atoms with Gasteiger partial charge >= 0.3 is 0 Å². The van der Waals surface area contributed by atoms with Crippen molar-refractivity contribution in [1.29, 1.82) is 0 Å². The Kier molecular flexibility index (Phi) is 4.83. The maximum atomic E-state index is 12.5. The monoisotopic (exact) mass is 320 g/mol. The number of benzene rings is 1. The van der Waals surface area contributed by atoms with E-state index in [0.29, 0.717) is 5.56 Å². The summed E-state index contributed by atoms with van der Waals surface area (Å²) in [5.41, 5.74) is 7.33. The fourth-order valence-electron chi connectivity index (χ4n) is 1.72. The fourth-order valence-corrected chi connectivity index (χ4v) is 4.00. The molecular weight excluding hydrogens is 300 g/mol. The average molecular weight is 320 g/mol. The average Bonchev–Trinajstić information content (AvgIpc) is 2.30. The van der Waals surface area contributed by atoms with Gasteiger partial charge in [0.15, 0.2) is 0 Å². The van der Waals surface area contributed by atoms with E-state index in [4.69, 9.17) is 5.73 Å². The van der Waals surface area contributed by atoms with Gasteiger partial charge in [0.1, 0.15) is 14.7 Å². The quantitative estimate of drug-likeness (QED) is 0.799. The van der Waals surface area contributed by atoms with E-state index in [-0.39, 0.29) is 22.9 Å². The number of rotatable bonds is 5. The van der Waals surface area contributed by atoms with Crippen molar-refractivity contribution in [3.05, 3.63) is 23.3 Å². The number of sulfonamides is 1. The van der Waals surface area contributed by atoms with E-state index in [1.807, 2.05) is 0 Å². The second kappa shape index (κ2) is 5.71. The van der Waals surface area contributed by atoms with E-state index >= 15 is 0 Å². The van der Waals surface area contributed by atoms with Crippen LogP contribution in [-0.4, -0.2) is 46.7 Å². The summed E-state index contributed by atoms with van der Waals surface area (Å²) >= 11 is 0. The predicted octanol–water partition coefficient (Wildman–Crippen LogP) is 0.551. The molecule has 0 aromatic heterocycles. The van der Waals surface area contributed by atoms with Crippen LogP contribution in [0.1, 0.15) is 11.1 Å². The van der Waals surface area contributed by atoms with E-state index < -0.39 is 19.9 Å². The third kappa shape index (κ3) is 3.71. The number of aryl methyl sites for hydroxylation is 1. The van der Waals surface area contributed by atoms with Gasteiger partial charge in [-0.3, -0.25) is 0 Å². The van der Waals surface area contributed by atoms with Gasteiger partial charge in [0, 0.05) is 19.8 Å². The van der Waals surface area contributed by atoms with Gasteiger partial charge in [-0.25, -0.2) is 16.8 Å². The van der Waals surface area contributed by atoms with Crippen molar-refractivity contribution in [2.24, 2.45) is 0 Å². The number of nitrogens with two attached hydrogens (primary N) is 1. The summed E-state index contributed by atoms with van der Waals surface area (Å²) in [5.74, 6) is -0.229. The highest BCUT2D eigenvalue weighted by molar-refractivity contribution is 7.91. The van der Waals surface area contributed by atoms with Crippen molar-refractivity contribution in [2.45, 2.75) is 18.7 Å². The second-order valence-electron chi connectivity index (χ2n) is 4.88. The summed E-state index contributed by atoms with van der Waals surface area (Å²) < 4.78 is 48.3. The van der Waals surface area contributed by atoms with Crippen LogP contribution in [0.2, 0.25) is 0 Å². The maximum absolute atomic E-state index is 12.5. The molecule has 6 nitrogen and oxygen atoms in total. The number of hydrogen-bond donors (Lipinski definition) is 1. The zero-order valence-electron chi connectivity index (χ0n) is 12.0. The first kappa shape index (κ1) is 16.9. The molecule has 0 unspecified atom stereocenters. The topological polar surface area (TPSA) is 97.5 Å². The van der Waals surface area contributed by atoms with Crippen LogP contribution in [0.3, 0.4) is 0 Å². The minimum atomic E-state index is -3.80. The highest BCUT2D eigenvalue weighted by Gasteiger charge is 2.26. The molecule has 0 heterocycles. The Labute approximate surface area is 120 Å². The van der Waals surface area contributed by atoms with Crippen LogP contribution < -0.4 is 5.73 Å². The Morgan fingerprint density at radius 2 is 1.70 bits per heavy atom. The minimum absolute atomic E-state index is 0.0495. The van der Waals surface area contributed by atoms with Crippen LogP contribution in [0.4, 0.5) is 5.69 Å². The van der Waals surface area contributed by atoms with E-state index in [9.17, 15) is 16.8 Å². The van der Waals surface area contributed by atoms with E-state index in [2.05, 4.69) is 0 Å². The van der Waals surface area contributed by atoms with E-state index in [0.717, 1.165) is 16.1 Å². The lowest BCUT2D eigenvalue weighted by Crippen LogP contribution is -2.32. The van der Waals surface area contributed by atoms with Crippen LogP contribution in [-0.2, 0) is 19.9 Å². The second-order valence-corrected chi connectivity index (χ2v) is 9.12. The molecule has 0 bridgehead atoms. The summed E-state index contributed by atoms with van der Waals surface area (Å²) in [6, 6.07) is 3.29. The van der Waals surface area contributed by atoms with Crippen LogP contribution in [0.5, 0.6) is 0 Å². The van der Waals surface area contributed by atoms with Crippen LogP contribution in [0, 0.1) is 13.8 Å². The first-order valence-electron chi connectivity index (χ1n) is 5.96. The van der Waals surface area contributed by atoms with Crippen molar-refractivity contribution in [3.8, 4) is 0 Å². The van der Waals surface area contributed by atoms with E-state index in [1.165, 1.54) is 7.05 Å². The van der Waals surface area contributed by atoms with Gasteiger partial charge in [-0.15, -0.1) is 0 Å². The molecule has 0 atom stereocenters. The lowest BCUT2D eigenvalue weighted by molar-refractivity contribution is 0.484. The highest BCUT2D eigenvalue weighted by Crippen LogP contribution is 2.27. The standard InChI is InChI=1S/C12H20N2O4S2/c1-9-5-6-11(13)12(10(9)2)20(17,18)14(3)7-8-19(4,15)16/h5-6H,7-8,13H2,1-4H3. The summed E-state index contributed by atoms with van der Waals surface area (Å²) in [4.78, 5) is 0.0495. The smallest absolute Gasteiger partial charge is 0.245 e. The van der Waals surface area contributed by atoms with Gasteiger partial charge in [0.2, 0.25) is 10.0 Å². The maximum Gasteiger partial charge on any atom is 0.245 e. The van der Waals surface area contributed by atoms with Gasteiger partial charge in [-0.1, -0.05) is 6.07 Å². The first-order valence-corrected chi connectivity index (χ1v) is 9.46. The van der Waals surface area contributed by atoms with Crippen LogP contribution in [0.15, 0.2) is 17.0 Å². The Balaban J connectivity index is 3.21. The van der Waals surface area contributed by atoms with Crippen LogP contribution >= 0.6 is 0 Å². The number of nitrogen functional groups attached to an aromatic ring is 1. The van der Waals surface area contributed by atoms with Gasteiger partial charge in [0.25, 0.3) is 0 Å². The number of anilines is 1. The lowest BCUT2D eigenvalue weighted by Gasteiger charge is -2.20. The number of hydrogen-bond acceptors (Lipinski definition) is 5. The molecule has 0 aliphatic heterocycles. The summed E-state index contributed by atoms with van der Waals surface area (Å²) in [7, 11) is -5.68. The zero-order chi connectivity index (χ0) is 15.7. The van der Waals surface area contributed by atoms with Crippen LogP contribution in [0.25, 0.3) is 0 Å². The molecule has 0 amide bonds. The molecule has 0 saturated carbocycles. The Hall–Kier alpha value is -1.12. The van der Waals surface area contributed by atoms with E-state index in [1.54, 1.807) is 26.0 Å². The Morgan fingerprint density at radius 3 is 2.20 bits per heavy atom. The summed E-state index contributed by atoms with van der Waals surface area (Å²) in [6.07, 6.45) is 1.07. The van der Waals surface area contributed by atoms with Crippen molar-refractivity contribution in [2.75, 3.05) is 31.3 Å². The molecule has 20 heavy (non-hydrogen) atoms. The first-order chi connectivity index (χ1) is 8.97. The van der Waals surface area contributed by atoms with Crippen molar-refractivity contribution < 1.29 is 16.8 Å². The molecule has 0 aliphatic carbocycles. The predicted molar refractivity (Wildman–Crippen MR) is 79.9 cm³/mol. The minimum Gasteiger partial charge on any atom is -0.398 e. The van der Waals surface area contributed by atoms with Crippen molar-refractivity contribution in [1.82, 2.24) is 4.31 Å². The third-order valence-corrected chi connectivity index (χ3v) is 6.14. The van der Waals surface area contributed by atoms with Gasteiger partial charge in [-0.2, -0.15) is 4.31 Å². The number of nitrogens with zero attached hydrogens (tertiary/aromatic N) is 1. The Morgan fingerprint density at radius 1 is 1.15 bits per heavy atom. The molecule has 1 aromatic rings. The molecule has 8 heteroatoms. The summed E-state index contributed by atoms with van der Waals surface area (Å²) in [5, 5.41) is 0. The molecule has 0 saturated heterocycles. The largest absolute Gasteiger partial charge is 0.398 e. The lowest BCUT2D eigenvalue weighted by atomic mass is 10.1. The molecule has 0 radical (unpaired) electrons. The molecule has 114 valence electrons. The van der Waals surface area contributed by atoms with Gasteiger partial charge in [0.05, 0.1) is 11.4 Å². The summed E-state index contributed by atoms with van der Waals surface area (Å²) in [6.45, 7) is 3.38. The zero-order valence-corrected chi connectivity index (χ0v) is 13.7. The van der Waals surface area contributed by atoms with Crippen molar-refractivity contribution in [3.63, 3.8) is 0 Å². The highest BCUT2D eigenvalue weighted by atomic mass is 32.2. The molecule has 2 N–H and O–H groups in total. The normalized spacial score (nSPS) is 12.8. The SMILES string of the molecule is Cc1ccc(N)c(S(=O)(=O)N(C)CCS(C)(=O)=O)c1C. The molecule has 1 aromatic carbocycles. The molecule has 0 spiro atoms. The molecule has 1 rings (SSSR count). The van der Waals surface area contributed by atoms with Crippen molar-refractivity contribution >= 4 is 25.5 Å². The molecule has 0 aliphatic rings. The fraction of sp³-hybridized carbons (Fsp3) is 0.500. The van der Waals surface area contributed by atoms with Gasteiger partial charge in [-0.05, 0) is 31.0 Å². The third-order valence-electron chi connectivity index (χ3n) is 3.15. The van der Waals surface area contributed by atoms with Gasteiger partial charge < -0.3 is 5.73 Å². The number of sulfone groups is 1. The molecular formula is C12H20N2O4S2. The molecule has 0 fully saturated rings. The Bertz CT molecular complexity index is 709.